The van der Waals surface area contributed by atoms with E-state index in [-0.39, 0.29) is 17.4 Å². The van der Waals surface area contributed by atoms with Gasteiger partial charge in [0.2, 0.25) is 0 Å². The third kappa shape index (κ3) is 317. The summed E-state index contributed by atoms with van der Waals surface area (Å²) in [5.74, 6) is 0. The van der Waals surface area contributed by atoms with E-state index in [4.69, 9.17) is 15.0 Å². The molecule has 24 valence electrons. The molecular formula is CH2AlO3+3. The standard InChI is InChI=1S/CH2O3.Al/c2-1(3)4;/h(H2,2,3,4);/q;+3. The van der Waals surface area contributed by atoms with E-state index in [0.717, 1.165) is 0 Å². The van der Waals surface area contributed by atoms with Crippen LogP contribution in [0.25, 0.3) is 0 Å². The predicted octanol–water partition coefficient (Wildman–Crippen LogP) is -0.158. The van der Waals surface area contributed by atoms with Gasteiger partial charge in [0.25, 0.3) is 0 Å². The van der Waals surface area contributed by atoms with E-state index in [2.05, 4.69) is 0 Å². The minimum atomic E-state index is -1.83. The second-order valence-electron chi connectivity index (χ2n) is 0.283. The van der Waals surface area contributed by atoms with Crippen molar-refractivity contribution in [2.45, 2.75) is 0 Å². The molecule has 0 aromatic heterocycles. The van der Waals surface area contributed by atoms with Crippen molar-refractivity contribution in [3.05, 3.63) is 0 Å². The summed E-state index contributed by atoms with van der Waals surface area (Å²) in [6.45, 7) is 0. The average Bonchev–Trinajstić information content (AvgIpc) is 0.811. The van der Waals surface area contributed by atoms with Crippen LogP contribution in [0.2, 0.25) is 0 Å². The summed E-state index contributed by atoms with van der Waals surface area (Å²) in [5.41, 5.74) is 0. The van der Waals surface area contributed by atoms with Crippen LogP contribution in [-0.4, -0.2) is 33.7 Å². The van der Waals surface area contributed by atoms with Crippen LogP contribution in [0.4, 0.5) is 4.79 Å². The minimum absolute atomic E-state index is 0. The zero-order valence-electron chi connectivity index (χ0n) is 2.38. The normalized spacial score (nSPS) is 4.80. The largest absolute Gasteiger partial charge is 3.00 e. The van der Waals surface area contributed by atoms with E-state index in [1.165, 1.54) is 0 Å². The summed E-state index contributed by atoms with van der Waals surface area (Å²) in [6, 6.07) is 0. The molecule has 0 heterocycles. The molecule has 0 amide bonds. The molecule has 0 saturated heterocycles. The zero-order valence-corrected chi connectivity index (χ0v) is 3.53. The summed E-state index contributed by atoms with van der Waals surface area (Å²) in [6.07, 6.45) is -1.83. The van der Waals surface area contributed by atoms with Crippen LogP contribution in [0, 0.1) is 0 Å². The third-order valence-electron chi connectivity index (χ3n) is 0. The van der Waals surface area contributed by atoms with Crippen molar-refractivity contribution in [2.75, 3.05) is 0 Å². The fraction of sp³-hybridized carbons (Fsp3) is 0. The smallest absolute Gasteiger partial charge is 0.450 e. The Bertz CT molecular complexity index is 29.9. The van der Waals surface area contributed by atoms with Gasteiger partial charge in [-0.25, -0.2) is 4.79 Å². The maximum atomic E-state index is 8.56. The topological polar surface area (TPSA) is 57.5 Å². The first-order chi connectivity index (χ1) is 1.73. The van der Waals surface area contributed by atoms with Gasteiger partial charge < -0.3 is 10.2 Å². The van der Waals surface area contributed by atoms with Crippen LogP contribution in [0.5, 0.6) is 0 Å². The molecule has 5 heavy (non-hydrogen) atoms. The molecule has 0 spiro atoms. The molecule has 0 aromatic carbocycles. The van der Waals surface area contributed by atoms with E-state index in [1.54, 1.807) is 0 Å². The molecule has 0 bridgehead atoms. The number of hydrogen-bond donors (Lipinski definition) is 2. The van der Waals surface area contributed by atoms with Gasteiger partial charge in [-0.15, -0.1) is 0 Å². The summed E-state index contributed by atoms with van der Waals surface area (Å²) in [7, 11) is 0. The maximum Gasteiger partial charge on any atom is 3.00 e. The van der Waals surface area contributed by atoms with Gasteiger partial charge in [0, 0.05) is 0 Å². The third-order valence-corrected chi connectivity index (χ3v) is 0. The summed E-state index contributed by atoms with van der Waals surface area (Å²) in [4.78, 5) is 8.56. The van der Waals surface area contributed by atoms with Crippen LogP contribution >= 0.6 is 0 Å². The first-order valence-electron chi connectivity index (χ1n) is 0.651. The molecule has 0 fully saturated rings. The quantitative estimate of drug-likeness (QED) is 0.405. The minimum Gasteiger partial charge on any atom is -0.450 e. The molecule has 0 rings (SSSR count). The summed E-state index contributed by atoms with van der Waals surface area (Å²) >= 11 is 0. The SMILES string of the molecule is O=C(O)O.[Al+3]. The first-order valence-corrected chi connectivity index (χ1v) is 0.651. The molecule has 0 aliphatic carbocycles. The summed E-state index contributed by atoms with van der Waals surface area (Å²) in [5, 5.41) is 13.9. The second-order valence-corrected chi connectivity index (χ2v) is 0.283. The van der Waals surface area contributed by atoms with Gasteiger partial charge >= 0.3 is 23.5 Å². The average molecular weight is 89.0 g/mol. The second kappa shape index (κ2) is 3.80. The van der Waals surface area contributed by atoms with Gasteiger partial charge in [-0.1, -0.05) is 0 Å². The van der Waals surface area contributed by atoms with Crippen molar-refractivity contribution in [1.29, 1.82) is 0 Å². The van der Waals surface area contributed by atoms with Gasteiger partial charge in [-0.05, 0) is 0 Å². The van der Waals surface area contributed by atoms with Gasteiger partial charge in [0.1, 0.15) is 0 Å². The molecule has 0 atom stereocenters. The monoisotopic (exact) mass is 89.0 g/mol. The van der Waals surface area contributed by atoms with E-state index in [0.29, 0.717) is 0 Å². The van der Waals surface area contributed by atoms with Crippen molar-refractivity contribution in [3.63, 3.8) is 0 Å². The van der Waals surface area contributed by atoms with E-state index >= 15 is 0 Å². The Morgan fingerprint density at radius 2 is 1.40 bits per heavy atom. The van der Waals surface area contributed by atoms with E-state index in [1.807, 2.05) is 0 Å². The molecule has 0 saturated carbocycles. The predicted molar refractivity (Wildman–Crippen MR) is 16.4 cm³/mol. The number of carboxylic acid groups (broad SMARTS) is 2. The van der Waals surface area contributed by atoms with E-state index < -0.39 is 6.16 Å². The van der Waals surface area contributed by atoms with Gasteiger partial charge in [-0.2, -0.15) is 0 Å². The van der Waals surface area contributed by atoms with Crippen molar-refractivity contribution >= 4 is 23.5 Å². The Hall–Kier alpha value is -0.198. The van der Waals surface area contributed by atoms with Gasteiger partial charge in [0.15, 0.2) is 0 Å². The fourth-order valence-electron chi connectivity index (χ4n) is 0. The molecule has 4 heteroatoms. The fourth-order valence-corrected chi connectivity index (χ4v) is 0. The molecule has 0 aromatic rings. The van der Waals surface area contributed by atoms with Crippen molar-refractivity contribution in [3.8, 4) is 0 Å². The van der Waals surface area contributed by atoms with Crippen molar-refractivity contribution < 1.29 is 15.0 Å². The van der Waals surface area contributed by atoms with Crippen LogP contribution in [0.3, 0.4) is 0 Å². The van der Waals surface area contributed by atoms with Crippen molar-refractivity contribution in [1.82, 2.24) is 0 Å². The summed E-state index contributed by atoms with van der Waals surface area (Å²) < 4.78 is 0. The molecule has 0 radical (unpaired) electrons. The zero-order chi connectivity index (χ0) is 3.58. The van der Waals surface area contributed by atoms with Crippen LogP contribution in [0.1, 0.15) is 0 Å². The first kappa shape index (κ1) is 8.84. The Kier molecular flexibility index (Phi) is 6.72. The molecular weight excluding hydrogens is 87.0 g/mol. The molecule has 3 nitrogen and oxygen atoms in total. The number of hydrogen-bond acceptors (Lipinski definition) is 1. The van der Waals surface area contributed by atoms with Crippen LogP contribution < -0.4 is 0 Å². The maximum absolute atomic E-state index is 8.56. The van der Waals surface area contributed by atoms with Gasteiger partial charge in [0.05, 0.1) is 0 Å². The number of rotatable bonds is 0. The van der Waals surface area contributed by atoms with Crippen molar-refractivity contribution in [2.24, 2.45) is 0 Å². The molecule has 0 aliphatic rings. The Balaban J connectivity index is 0. The van der Waals surface area contributed by atoms with Gasteiger partial charge in [-0.3, -0.25) is 0 Å². The molecule has 0 aliphatic heterocycles. The van der Waals surface area contributed by atoms with Crippen LogP contribution in [0.15, 0.2) is 0 Å². The Morgan fingerprint density at radius 3 is 1.40 bits per heavy atom. The number of carbonyl (C=O) groups is 1. The molecule has 0 unspecified atom stereocenters. The van der Waals surface area contributed by atoms with E-state index in [9.17, 15) is 0 Å². The molecule has 2 N–H and O–H groups in total. The Labute approximate surface area is 39.4 Å². The van der Waals surface area contributed by atoms with Crippen LogP contribution in [-0.2, 0) is 0 Å². The Morgan fingerprint density at radius 1 is 1.40 bits per heavy atom.